The first-order valence-corrected chi connectivity index (χ1v) is 8.66. The lowest BCUT2D eigenvalue weighted by molar-refractivity contribution is 0.415. The van der Waals surface area contributed by atoms with E-state index < -0.39 is 0 Å². The number of rotatable bonds is 4. The zero-order valence-corrected chi connectivity index (χ0v) is 14.9. The number of thiophene rings is 1. The summed E-state index contributed by atoms with van der Waals surface area (Å²) in [7, 11) is 3.71. The largest absolute Gasteiger partial charge is 0.497 e. The zero-order valence-electron chi connectivity index (χ0n) is 11.9. The van der Waals surface area contributed by atoms with Gasteiger partial charge in [0.05, 0.1) is 16.0 Å². The Labute approximate surface area is 142 Å². The van der Waals surface area contributed by atoms with Crippen LogP contribution >= 0.6 is 33.9 Å². The molecule has 2 aromatic carbocycles. The maximum absolute atomic E-state index is 5.28. The SMILES string of the molecule is CNC(c1csc(I)c1)c1ccc2cc(OC)ccc2c1. The molecule has 0 aliphatic rings. The molecular weight excluding hydrogens is 393 g/mol. The van der Waals surface area contributed by atoms with Crippen molar-refractivity contribution in [3.8, 4) is 5.75 Å². The zero-order chi connectivity index (χ0) is 14.8. The second-order valence-corrected chi connectivity index (χ2v) is 7.68. The number of fused-ring (bicyclic) bond motifs is 1. The lowest BCUT2D eigenvalue weighted by Crippen LogP contribution is -2.16. The van der Waals surface area contributed by atoms with Crippen molar-refractivity contribution in [3.63, 3.8) is 0 Å². The predicted octanol–water partition coefficient (Wildman–Crippen LogP) is 4.82. The molecule has 21 heavy (non-hydrogen) atoms. The first-order valence-electron chi connectivity index (χ1n) is 6.70. The summed E-state index contributed by atoms with van der Waals surface area (Å²) in [6, 6.07) is 15.3. The Hall–Kier alpha value is -1.11. The van der Waals surface area contributed by atoms with Gasteiger partial charge in [0, 0.05) is 0 Å². The highest BCUT2D eigenvalue weighted by atomic mass is 127. The van der Waals surface area contributed by atoms with Crippen molar-refractivity contribution < 1.29 is 4.74 Å². The minimum absolute atomic E-state index is 0.233. The Morgan fingerprint density at radius 3 is 2.48 bits per heavy atom. The highest BCUT2D eigenvalue weighted by molar-refractivity contribution is 14.1. The molecule has 0 saturated carbocycles. The summed E-state index contributed by atoms with van der Waals surface area (Å²) in [5.74, 6) is 0.896. The molecule has 1 aromatic heterocycles. The molecule has 3 rings (SSSR count). The van der Waals surface area contributed by atoms with Gasteiger partial charge in [0.25, 0.3) is 0 Å². The van der Waals surface area contributed by atoms with Crippen molar-refractivity contribution >= 4 is 44.7 Å². The fourth-order valence-corrected chi connectivity index (χ4v) is 3.95. The van der Waals surface area contributed by atoms with Gasteiger partial charge < -0.3 is 10.1 Å². The molecule has 2 nitrogen and oxygen atoms in total. The molecule has 0 amide bonds. The maximum Gasteiger partial charge on any atom is 0.119 e. The van der Waals surface area contributed by atoms with Crippen molar-refractivity contribution in [3.05, 3.63) is 61.9 Å². The highest BCUT2D eigenvalue weighted by Gasteiger charge is 2.14. The van der Waals surface area contributed by atoms with E-state index in [1.807, 2.05) is 13.1 Å². The highest BCUT2D eigenvalue weighted by Crippen LogP contribution is 2.30. The van der Waals surface area contributed by atoms with Crippen LogP contribution in [0.15, 0.2) is 47.8 Å². The van der Waals surface area contributed by atoms with Gasteiger partial charge >= 0.3 is 0 Å². The number of halogens is 1. The predicted molar refractivity (Wildman–Crippen MR) is 98.4 cm³/mol. The Morgan fingerprint density at radius 1 is 1.05 bits per heavy atom. The van der Waals surface area contributed by atoms with Crippen LogP contribution in [-0.2, 0) is 0 Å². The molecule has 0 saturated heterocycles. The minimum Gasteiger partial charge on any atom is -0.497 e. The third kappa shape index (κ3) is 3.07. The van der Waals surface area contributed by atoms with Crippen molar-refractivity contribution in [2.24, 2.45) is 0 Å². The minimum atomic E-state index is 0.233. The van der Waals surface area contributed by atoms with Crippen LogP contribution in [-0.4, -0.2) is 14.2 Å². The molecule has 1 unspecified atom stereocenters. The average Bonchev–Trinajstić information content (AvgIpc) is 2.93. The second-order valence-electron chi connectivity index (χ2n) is 4.88. The van der Waals surface area contributed by atoms with E-state index in [1.54, 1.807) is 18.4 Å². The third-order valence-corrected chi connectivity index (χ3v) is 5.42. The van der Waals surface area contributed by atoms with Crippen LogP contribution in [0, 0.1) is 2.88 Å². The summed E-state index contributed by atoms with van der Waals surface area (Å²) in [5.41, 5.74) is 2.60. The summed E-state index contributed by atoms with van der Waals surface area (Å²) >= 11 is 4.15. The summed E-state index contributed by atoms with van der Waals surface area (Å²) in [6.07, 6.45) is 0. The standard InChI is InChI=1S/C17H16INOS/c1-19-17(14-9-16(18)21-10-14)13-4-3-12-8-15(20-2)6-5-11(12)7-13/h3-10,17,19H,1-2H3. The maximum atomic E-state index is 5.28. The Kier molecular flexibility index (Phi) is 4.47. The van der Waals surface area contributed by atoms with E-state index >= 15 is 0 Å². The van der Waals surface area contributed by atoms with Gasteiger partial charge in [-0.25, -0.2) is 0 Å². The van der Waals surface area contributed by atoms with E-state index in [0.717, 1.165) is 5.75 Å². The van der Waals surface area contributed by atoms with Gasteiger partial charge in [-0.15, -0.1) is 11.3 Å². The molecule has 0 fully saturated rings. The van der Waals surface area contributed by atoms with Gasteiger partial charge in [0.2, 0.25) is 0 Å². The van der Waals surface area contributed by atoms with Gasteiger partial charge in [0.1, 0.15) is 5.75 Å². The lowest BCUT2D eigenvalue weighted by Gasteiger charge is -2.16. The fraction of sp³-hybridized carbons (Fsp3) is 0.176. The Morgan fingerprint density at radius 2 is 1.81 bits per heavy atom. The number of benzene rings is 2. The molecular formula is C17H16INOS. The van der Waals surface area contributed by atoms with Crippen molar-refractivity contribution in [1.29, 1.82) is 0 Å². The molecule has 1 N–H and O–H groups in total. The van der Waals surface area contributed by atoms with E-state index in [0.29, 0.717) is 0 Å². The van der Waals surface area contributed by atoms with Gasteiger partial charge in [-0.3, -0.25) is 0 Å². The van der Waals surface area contributed by atoms with Crippen molar-refractivity contribution in [1.82, 2.24) is 5.32 Å². The molecule has 1 heterocycles. The summed E-state index contributed by atoms with van der Waals surface area (Å²) in [4.78, 5) is 0. The molecule has 3 aromatic rings. The van der Waals surface area contributed by atoms with Crippen LogP contribution in [0.25, 0.3) is 10.8 Å². The van der Waals surface area contributed by atoms with Gasteiger partial charge in [-0.05, 0) is 81.2 Å². The first-order chi connectivity index (χ1) is 10.2. The van der Waals surface area contributed by atoms with Crippen LogP contribution < -0.4 is 10.1 Å². The molecule has 0 aliphatic heterocycles. The quantitative estimate of drug-likeness (QED) is 0.624. The van der Waals surface area contributed by atoms with Crippen LogP contribution in [0.4, 0.5) is 0 Å². The van der Waals surface area contributed by atoms with E-state index in [1.165, 1.54) is 24.8 Å². The smallest absolute Gasteiger partial charge is 0.119 e. The van der Waals surface area contributed by atoms with Crippen LogP contribution in [0.1, 0.15) is 17.2 Å². The van der Waals surface area contributed by atoms with Crippen molar-refractivity contribution in [2.45, 2.75) is 6.04 Å². The summed E-state index contributed by atoms with van der Waals surface area (Å²) in [6.45, 7) is 0. The van der Waals surface area contributed by atoms with E-state index in [-0.39, 0.29) is 6.04 Å². The Balaban J connectivity index is 2.03. The molecule has 1 atom stereocenters. The fourth-order valence-electron chi connectivity index (χ4n) is 2.55. The molecule has 0 aliphatic carbocycles. The number of methoxy groups -OCH3 is 1. The van der Waals surface area contributed by atoms with Gasteiger partial charge in [-0.2, -0.15) is 0 Å². The average molecular weight is 409 g/mol. The number of nitrogens with one attached hydrogen (secondary N) is 1. The normalized spacial score (nSPS) is 12.5. The van der Waals surface area contributed by atoms with Crippen molar-refractivity contribution in [2.75, 3.05) is 14.2 Å². The van der Waals surface area contributed by atoms with E-state index in [9.17, 15) is 0 Å². The number of hydrogen-bond acceptors (Lipinski definition) is 3. The summed E-state index contributed by atoms with van der Waals surface area (Å²) in [5, 5.41) is 8.07. The van der Waals surface area contributed by atoms with Crippen LogP contribution in [0.3, 0.4) is 0 Å². The molecule has 4 heteroatoms. The lowest BCUT2D eigenvalue weighted by atomic mass is 9.98. The molecule has 0 bridgehead atoms. The van der Waals surface area contributed by atoms with Crippen LogP contribution in [0.5, 0.6) is 5.75 Å². The Bertz CT molecular complexity index is 768. The van der Waals surface area contributed by atoms with Gasteiger partial charge in [-0.1, -0.05) is 18.2 Å². The monoisotopic (exact) mass is 409 g/mol. The number of hydrogen-bond donors (Lipinski definition) is 1. The molecule has 108 valence electrons. The topological polar surface area (TPSA) is 21.3 Å². The van der Waals surface area contributed by atoms with Crippen LogP contribution in [0.2, 0.25) is 0 Å². The third-order valence-electron chi connectivity index (χ3n) is 3.61. The number of ether oxygens (including phenoxy) is 1. The van der Waals surface area contributed by atoms with Gasteiger partial charge in [0.15, 0.2) is 0 Å². The molecule has 0 radical (unpaired) electrons. The second kappa shape index (κ2) is 6.34. The summed E-state index contributed by atoms with van der Waals surface area (Å²) < 4.78 is 6.59. The molecule has 0 spiro atoms. The van der Waals surface area contributed by atoms with E-state index in [2.05, 4.69) is 69.7 Å². The van der Waals surface area contributed by atoms with E-state index in [4.69, 9.17) is 4.74 Å². The first kappa shape index (κ1) is 14.8.